The van der Waals surface area contributed by atoms with Gasteiger partial charge in [0.05, 0.1) is 24.3 Å². The number of hydrogen-bond donors (Lipinski definition) is 0. The van der Waals surface area contributed by atoms with E-state index in [9.17, 15) is 10.1 Å². The van der Waals surface area contributed by atoms with Gasteiger partial charge in [-0.25, -0.2) is 9.78 Å². The number of methoxy groups -OCH3 is 1. The summed E-state index contributed by atoms with van der Waals surface area (Å²) in [5, 5.41) is 9.59. The van der Waals surface area contributed by atoms with E-state index in [4.69, 9.17) is 14.2 Å². The summed E-state index contributed by atoms with van der Waals surface area (Å²) in [5.41, 5.74) is 2.48. The molecule has 0 radical (unpaired) electrons. The Labute approximate surface area is 169 Å². The molecule has 0 saturated carbocycles. The summed E-state index contributed by atoms with van der Waals surface area (Å²) in [4.78, 5) is 16.3. The van der Waals surface area contributed by atoms with Crippen molar-refractivity contribution in [1.82, 2.24) is 9.55 Å². The molecule has 29 heavy (non-hydrogen) atoms. The molecule has 0 fully saturated rings. The number of pyridine rings is 1. The third kappa shape index (κ3) is 4.81. The average molecular weight is 391 g/mol. The van der Waals surface area contributed by atoms with Crippen molar-refractivity contribution in [3.63, 3.8) is 0 Å². The highest BCUT2D eigenvalue weighted by Gasteiger charge is 2.13. The molecule has 7 nitrogen and oxygen atoms in total. The zero-order valence-electron chi connectivity index (χ0n) is 16.3. The molecule has 0 spiro atoms. The zero-order chi connectivity index (χ0) is 20.6. The van der Waals surface area contributed by atoms with Gasteiger partial charge in [-0.1, -0.05) is 12.1 Å². The molecule has 3 aromatic rings. The molecular weight excluding hydrogens is 370 g/mol. The smallest absolute Gasteiger partial charge is 0.338 e. The van der Waals surface area contributed by atoms with Gasteiger partial charge in [-0.15, -0.1) is 0 Å². The SMILES string of the molecule is CCOC(=O)c1ccnc(-n2cc(C#N)c(-c3cccc(OCCOC)c3)c2)c1. The van der Waals surface area contributed by atoms with Crippen molar-refractivity contribution in [2.24, 2.45) is 0 Å². The Morgan fingerprint density at radius 1 is 1.21 bits per heavy atom. The second kappa shape index (κ2) is 9.53. The lowest BCUT2D eigenvalue weighted by molar-refractivity contribution is 0.0526. The molecule has 148 valence electrons. The lowest BCUT2D eigenvalue weighted by Gasteiger charge is -2.07. The number of nitrogens with zero attached hydrogens (tertiary/aromatic N) is 3. The Morgan fingerprint density at radius 2 is 2.07 bits per heavy atom. The Morgan fingerprint density at radius 3 is 2.83 bits per heavy atom. The number of nitriles is 1. The fourth-order valence-corrected chi connectivity index (χ4v) is 2.80. The van der Waals surface area contributed by atoms with E-state index < -0.39 is 5.97 Å². The van der Waals surface area contributed by atoms with E-state index in [1.165, 1.54) is 6.20 Å². The van der Waals surface area contributed by atoms with Crippen molar-refractivity contribution in [2.45, 2.75) is 6.92 Å². The highest BCUT2D eigenvalue weighted by molar-refractivity contribution is 5.89. The average Bonchev–Trinajstić information content (AvgIpc) is 3.19. The van der Waals surface area contributed by atoms with Crippen molar-refractivity contribution < 1.29 is 19.0 Å². The lowest BCUT2D eigenvalue weighted by atomic mass is 10.1. The van der Waals surface area contributed by atoms with Gasteiger partial charge in [0, 0.05) is 31.3 Å². The summed E-state index contributed by atoms with van der Waals surface area (Å²) in [7, 11) is 1.62. The third-order valence-electron chi connectivity index (χ3n) is 4.17. The van der Waals surface area contributed by atoms with Crippen LogP contribution in [0.5, 0.6) is 5.75 Å². The maximum atomic E-state index is 12.0. The molecule has 0 bridgehead atoms. The van der Waals surface area contributed by atoms with E-state index in [-0.39, 0.29) is 0 Å². The van der Waals surface area contributed by atoms with Gasteiger partial charge in [0.25, 0.3) is 0 Å². The van der Waals surface area contributed by atoms with E-state index >= 15 is 0 Å². The molecule has 0 N–H and O–H groups in total. The van der Waals surface area contributed by atoms with Crippen molar-refractivity contribution >= 4 is 5.97 Å². The van der Waals surface area contributed by atoms with E-state index in [2.05, 4.69) is 11.1 Å². The molecule has 2 heterocycles. The first kappa shape index (κ1) is 20.1. The third-order valence-corrected chi connectivity index (χ3v) is 4.17. The minimum absolute atomic E-state index is 0.297. The van der Waals surface area contributed by atoms with Gasteiger partial charge >= 0.3 is 5.97 Å². The van der Waals surface area contributed by atoms with Crippen molar-refractivity contribution in [3.05, 3.63) is 66.1 Å². The van der Waals surface area contributed by atoms with Crippen LogP contribution in [0.1, 0.15) is 22.8 Å². The molecule has 0 aliphatic heterocycles. The number of carbonyl (C=O) groups excluding carboxylic acids is 1. The first-order valence-electron chi connectivity index (χ1n) is 9.14. The first-order chi connectivity index (χ1) is 14.2. The molecule has 0 saturated heterocycles. The molecule has 0 aliphatic carbocycles. The number of hydrogen-bond acceptors (Lipinski definition) is 6. The van der Waals surface area contributed by atoms with Crippen molar-refractivity contribution in [2.75, 3.05) is 26.9 Å². The van der Waals surface area contributed by atoms with Gasteiger partial charge in [-0.3, -0.25) is 0 Å². The fourth-order valence-electron chi connectivity index (χ4n) is 2.80. The Hall–Kier alpha value is -3.63. The summed E-state index contributed by atoms with van der Waals surface area (Å²) >= 11 is 0. The standard InChI is InChI=1S/C22H21N3O4/c1-3-28-22(26)17-7-8-24-21(12-17)25-14-18(13-23)20(15-25)16-5-4-6-19(11-16)29-10-9-27-2/h4-8,11-12,14-15H,3,9-10H2,1-2H3. The summed E-state index contributed by atoms with van der Waals surface area (Å²) < 4.78 is 17.4. The number of esters is 1. The van der Waals surface area contributed by atoms with Gasteiger partial charge < -0.3 is 18.8 Å². The molecule has 0 atom stereocenters. The minimum Gasteiger partial charge on any atom is -0.491 e. The maximum Gasteiger partial charge on any atom is 0.338 e. The van der Waals surface area contributed by atoms with Crippen LogP contribution in [0.4, 0.5) is 0 Å². The van der Waals surface area contributed by atoms with Crippen LogP contribution in [-0.2, 0) is 9.47 Å². The molecule has 1 aromatic carbocycles. The zero-order valence-corrected chi connectivity index (χ0v) is 16.3. The van der Waals surface area contributed by atoms with E-state index in [1.54, 1.807) is 36.9 Å². The summed E-state index contributed by atoms with van der Waals surface area (Å²) in [6.45, 7) is 2.99. The predicted molar refractivity (Wildman–Crippen MR) is 107 cm³/mol. The quantitative estimate of drug-likeness (QED) is 0.431. The molecule has 3 rings (SSSR count). The Bertz CT molecular complexity index is 1040. The number of rotatable bonds is 8. The normalized spacial score (nSPS) is 10.4. The summed E-state index contributed by atoms with van der Waals surface area (Å²) in [6.07, 6.45) is 5.03. The molecule has 2 aromatic heterocycles. The lowest BCUT2D eigenvalue weighted by Crippen LogP contribution is -2.06. The highest BCUT2D eigenvalue weighted by Crippen LogP contribution is 2.29. The topological polar surface area (TPSA) is 86.4 Å². The summed E-state index contributed by atoms with van der Waals surface area (Å²) in [5.74, 6) is 0.800. The predicted octanol–water partition coefficient (Wildman–Crippen LogP) is 3.61. The number of ether oxygens (including phenoxy) is 3. The van der Waals surface area contributed by atoms with E-state index in [0.717, 1.165) is 11.1 Å². The second-order valence-corrected chi connectivity index (χ2v) is 6.10. The summed E-state index contributed by atoms with van der Waals surface area (Å²) in [6, 6.07) is 12.9. The Kier molecular flexibility index (Phi) is 6.61. The largest absolute Gasteiger partial charge is 0.491 e. The molecule has 0 amide bonds. The van der Waals surface area contributed by atoms with Crippen LogP contribution in [0.15, 0.2) is 55.0 Å². The second-order valence-electron chi connectivity index (χ2n) is 6.10. The van der Waals surface area contributed by atoms with Crippen LogP contribution in [0.2, 0.25) is 0 Å². The van der Waals surface area contributed by atoms with Crippen molar-refractivity contribution in [1.29, 1.82) is 5.26 Å². The number of carbonyl (C=O) groups is 1. The van der Waals surface area contributed by atoms with Gasteiger partial charge in [0.2, 0.25) is 0 Å². The number of benzene rings is 1. The Balaban J connectivity index is 1.93. The highest BCUT2D eigenvalue weighted by atomic mass is 16.5. The molecule has 7 heteroatoms. The molecular formula is C22H21N3O4. The van der Waals surface area contributed by atoms with Crippen LogP contribution in [-0.4, -0.2) is 42.5 Å². The molecule has 0 unspecified atom stereocenters. The minimum atomic E-state index is -0.412. The number of aromatic nitrogens is 2. The fraction of sp³-hybridized carbons (Fsp3) is 0.227. The van der Waals surface area contributed by atoms with E-state index in [0.29, 0.717) is 42.5 Å². The van der Waals surface area contributed by atoms with E-state index in [1.807, 2.05) is 30.5 Å². The van der Waals surface area contributed by atoms with Gasteiger partial charge in [-0.05, 0) is 36.8 Å². The maximum absolute atomic E-state index is 12.0. The first-order valence-corrected chi connectivity index (χ1v) is 9.14. The van der Waals surface area contributed by atoms with Crippen LogP contribution in [0.25, 0.3) is 16.9 Å². The van der Waals surface area contributed by atoms with Crippen LogP contribution < -0.4 is 4.74 Å². The van der Waals surface area contributed by atoms with Crippen LogP contribution in [0, 0.1) is 11.3 Å². The van der Waals surface area contributed by atoms with Crippen LogP contribution >= 0.6 is 0 Å². The van der Waals surface area contributed by atoms with Gasteiger partial charge in [-0.2, -0.15) is 5.26 Å². The molecule has 0 aliphatic rings. The monoisotopic (exact) mass is 391 g/mol. The van der Waals surface area contributed by atoms with Gasteiger partial charge in [0.15, 0.2) is 0 Å². The van der Waals surface area contributed by atoms with Crippen molar-refractivity contribution in [3.8, 4) is 28.8 Å². The van der Waals surface area contributed by atoms with Crippen LogP contribution in [0.3, 0.4) is 0 Å². The van der Waals surface area contributed by atoms with Gasteiger partial charge in [0.1, 0.15) is 24.2 Å².